The van der Waals surface area contributed by atoms with Gasteiger partial charge in [-0.3, -0.25) is 9.36 Å². The van der Waals surface area contributed by atoms with Gasteiger partial charge in [0, 0.05) is 6.04 Å². The van der Waals surface area contributed by atoms with Gasteiger partial charge < -0.3 is 4.74 Å². The van der Waals surface area contributed by atoms with Gasteiger partial charge in [-0.05, 0) is 32.9 Å². The molecule has 1 aromatic carbocycles. The Balaban J connectivity index is 2.49. The summed E-state index contributed by atoms with van der Waals surface area (Å²) in [6.07, 6.45) is 0. The number of para-hydroxylation sites is 1. The molecule has 6 heteroatoms. The molecule has 0 saturated heterocycles. The maximum absolute atomic E-state index is 12.6. The number of aromatic nitrogens is 4. The summed E-state index contributed by atoms with van der Waals surface area (Å²) in [5.74, 6) is 0.507. The van der Waals surface area contributed by atoms with Crippen molar-refractivity contribution in [1.29, 1.82) is 0 Å². The zero-order valence-electron chi connectivity index (χ0n) is 11.7. The van der Waals surface area contributed by atoms with Crippen molar-refractivity contribution in [2.45, 2.75) is 26.8 Å². The van der Waals surface area contributed by atoms with E-state index < -0.39 is 0 Å². The highest BCUT2D eigenvalue weighted by molar-refractivity contribution is 5.79. The van der Waals surface area contributed by atoms with Gasteiger partial charge in [0.15, 0.2) is 0 Å². The average molecular weight is 272 g/mol. The molecule has 0 bridgehead atoms. The van der Waals surface area contributed by atoms with Crippen molar-refractivity contribution in [1.82, 2.24) is 19.2 Å². The third-order valence-corrected chi connectivity index (χ3v) is 3.16. The van der Waals surface area contributed by atoms with Crippen molar-refractivity contribution in [3.63, 3.8) is 0 Å². The van der Waals surface area contributed by atoms with Gasteiger partial charge in [-0.25, -0.2) is 0 Å². The zero-order chi connectivity index (χ0) is 14.3. The van der Waals surface area contributed by atoms with Crippen LogP contribution in [0, 0.1) is 0 Å². The van der Waals surface area contributed by atoms with Crippen LogP contribution in [0.5, 0.6) is 6.01 Å². The molecule has 0 aliphatic rings. The van der Waals surface area contributed by atoms with Crippen molar-refractivity contribution in [2.75, 3.05) is 6.61 Å². The molecule has 20 heavy (non-hydrogen) atoms. The summed E-state index contributed by atoms with van der Waals surface area (Å²) in [6.45, 7) is 6.26. The van der Waals surface area contributed by atoms with Gasteiger partial charge in [-0.2, -0.15) is 9.50 Å². The number of benzene rings is 1. The molecule has 3 aromatic rings. The summed E-state index contributed by atoms with van der Waals surface area (Å²) >= 11 is 0. The van der Waals surface area contributed by atoms with Crippen LogP contribution in [0.4, 0.5) is 0 Å². The first-order valence-electron chi connectivity index (χ1n) is 6.66. The van der Waals surface area contributed by atoms with E-state index in [0.717, 1.165) is 5.52 Å². The summed E-state index contributed by atoms with van der Waals surface area (Å²) in [5, 5.41) is 4.96. The maximum Gasteiger partial charge on any atom is 0.337 e. The highest BCUT2D eigenvalue weighted by Gasteiger charge is 2.16. The van der Waals surface area contributed by atoms with E-state index in [1.807, 2.05) is 39.0 Å². The Hall–Kier alpha value is -2.37. The second-order valence-corrected chi connectivity index (χ2v) is 4.83. The molecule has 0 spiro atoms. The van der Waals surface area contributed by atoms with E-state index in [4.69, 9.17) is 4.74 Å². The molecular formula is C14H16N4O2. The molecule has 0 atom stereocenters. The Kier molecular flexibility index (Phi) is 2.93. The first kappa shape index (κ1) is 12.7. The molecule has 0 N–H and O–H groups in total. The molecule has 2 aromatic heterocycles. The summed E-state index contributed by atoms with van der Waals surface area (Å²) in [7, 11) is 0. The van der Waals surface area contributed by atoms with Crippen LogP contribution in [0.3, 0.4) is 0 Å². The van der Waals surface area contributed by atoms with E-state index in [0.29, 0.717) is 17.8 Å². The third kappa shape index (κ3) is 1.76. The Morgan fingerprint density at radius 3 is 2.75 bits per heavy atom. The number of nitrogens with zero attached hydrogens (tertiary/aromatic N) is 4. The minimum atomic E-state index is -0.0569. The van der Waals surface area contributed by atoms with Crippen LogP contribution in [0.1, 0.15) is 26.8 Å². The van der Waals surface area contributed by atoms with Crippen LogP contribution >= 0.6 is 0 Å². The SMILES string of the molecule is CCOc1nc2n(C(C)C)c(=O)c3ccccc3n2n1. The van der Waals surface area contributed by atoms with Crippen molar-refractivity contribution in [3.8, 4) is 6.01 Å². The van der Waals surface area contributed by atoms with Gasteiger partial charge in [0.25, 0.3) is 5.56 Å². The highest BCUT2D eigenvalue weighted by Crippen LogP contribution is 2.17. The van der Waals surface area contributed by atoms with Gasteiger partial charge in [0.1, 0.15) is 0 Å². The Morgan fingerprint density at radius 1 is 1.30 bits per heavy atom. The van der Waals surface area contributed by atoms with Gasteiger partial charge in [-0.1, -0.05) is 12.1 Å². The predicted octanol–water partition coefficient (Wildman–Crippen LogP) is 2.02. The second kappa shape index (κ2) is 4.63. The molecule has 0 saturated carbocycles. The van der Waals surface area contributed by atoms with Crippen molar-refractivity contribution in [3.05, 3.63) is 34.6 Å². The number of hydrogen-bond acceptors (Lipinski definition) is 4. The van der Waals surface area contributed by atoms with Crippen LogP contribution < -0.4 is 10.3 Å². The molecule has 6 nitrogen and oxygen atoms in total. The lowest BCUT2D eigenvalue weighted by atomic mass is 10.2. The molecule has 0 aliphatic heterocycles. The summed E-state index contributed by atoms with van der Waals surface area (Å²) in [6, 6.07) is 7.67. The van der Waals surface area contributed by atoms with Crippen LogP contribution in [-0.2, 0) is 0 Å². The van der Waals surface area contributed by atoms with Gasteiger partial charge in [0.05, 0.1) is 17.5 Å². The number of fused-ring (bicyclic) bond motifs is 3. The fraction of sp³-hybridized carbons (Fsp3) is 0.357. The highest BCUT2D eigenvalue weighted by atomic mass is 16.5. The fourth-order valence-electron chi connectivity index (χ4n) is 2.32. The standard InChI is InChI=1S/C14H16N4O2/c1-4-20-13-15-14-17(9(2)3)12(19)10-7-5-6-8-11(10)18(14)16-13/h5-9H,4H2,1-3H3. The fourth-order valence-corrected chi connectivity index (χ4v) is 2.32. The average Bonchev–Trinajstić information content (AvgIpc) is 2.82. The Labute approximate surface area is 115 Å². The Bertz CT molecular complexity index is 832. The summed E-state index contributed by atoms with van der Waals surface area (Å²) in [5.41, 5.74) is 0.682. The van der Waals surface area contributed by atoms with Gasteiger partial charge >= 0.3 is 6.01 Å². The Morgan fingerprint density at radius 2 is 2.05 bits per heavy atom. The molecule has 0 radical (unpaired) electrons. The number of hydrogen-bond donors (Lipinski definition) is 0. The van der Waals surface area contributed by atoms with Crippen LogP contribution in [0.15, 0.2) is 29.1 Å². The number of rotatable bonds is 3. The largest absolute Gasteiger partial charge is 0.463 e. The van der Waals surface area contributed by atoms with E-state index >= 15 is 0 Å². The van der Waals surface area contributed by atoms with Crippen LogP contribution in [0.25, 0.3) is 16.7 Å². The van der Waals surface area contributed by atoms with E-state index in [1.54, 1.807) is 15.1 Å². The topological polar surface area (TPSA) is 61.4 Å². The molecule has 104 valence electrons. The van der Waals surface area contributed by atoms with Crippen molar-refractivity contribution < 1.29 is 4.74 Å². The lowest BCUT2D eigenvalue weighted by Gasteiger charge is -2.12. The third-order valence-electron chi connectivity index (χ3n) is 3.16. The molecule has 0 aliphatic carbocycles. The molecule has 0 fully saturated rings. The van der Waals surface area contributed by atoms with E-state index in [2.05, 4.69) is 10.1 Å². The van der Waals surface area contributed by atoms with E-state index in [-0.39, 0.29) is 17.6 Å². The molecule has 0 unspecified atom stereocenters. The van der Waals surface area contributed by atoms with Crippen molar-refractivity contribution >= 4 is 16.7 Å². The van der Waals surface area contributed by atoms with E-state index in [9.17, 15) is 4.79 Å². The predicted molar refractivity (Wildman–Crippen MR) is 76.3 cm³/mol. The monoisotopic (exact) mass is 272 g/mol. The van der Waals surface area contributed by atoms with Crippen LogP contribution in [0.2, 0.25) is 0 Å². The summed E-state index contributed by atoms with van der Waals surface area (Å²) < 4.78 is 8.66. The first-order valence-corrected chi connectivity index (χ1v) is 6.66. The van der Waals surface area contributed by atoms with E-state index in [1.165, 1.54) is 0 Å². The lowest BCUT2D eigenvalue weighted by molar-refractivity contribution is 0.313. The normalized spacial score (nSPS) is 11.6. The minimum Gasteiger partial charge on any atom is -0.463 e. The quantitative estimate of drug-likeness (QED) is 0.732. The van der Waals surface area contributed by atoms with Gasteiger partial charge in [-0.15, -0.1) is 5.10 Å². The number of ether oxygens (including phenoxy) is 1. The smallest absolute Gasteiger partial charge is 0.337 e. The first-order chi connectivity index (χ1) is 9.63. The van der Waals surface area contributed by atoms with Crippen LogP contribution in [-0.4, -0.2) is 25.8 Å². The van der Waals surface area contributed by atoms with Gasteiger partial charge in [0.2, 0.25) is 5.78 Å². The second-order valence-electron chi connectivity index (χ2n) is 4.83. The molecule has 2 heterocycles. The lowest BCUT2D eigenvalue weighted by Crippen LogP contribution is -2.25. The molecule has 3 rings (SSSR count). The molecular weight excluding hydrogens is 256 g/mol. The zero-order valence-corrected chi connectivity index (χ0v) is 11.7. The van der Waals surface area contributed by atoms with Crippen molar-refractivity contribution in [2.24, 2.45) is 0 Å². The molecule has 0 amide bonds. The minimum absolute atomic E-state index is 0.00622. The maximum atomic E-state index is 12.6. The summed E-state index contributed by atoms with van der Waals surface area (Å²) in [4.78, 5) is 16.9.